The average molecular weight is 450 g/mol. The summed E-state index contributed by atoms with van der Waals surface area (Å²) in [6, 6.07) is 14.8. The molecule has 1 heterocycles. The summed E-state index contributed by atoms with van der Waals surface area (Å²) in [6.07, 6.45) is 2.55. The van der Waals surface area contributed by atoms with Crippen LogP contribution in [0.1, 0.15) is 32.8 Å². The topological polar surface area (TPSA) is 119 Å². The number of non-ortho nitro benzene ring substituents is 1. The van der Waals surface area contributed by atoms with E-state index >= 15 is 0 Å². The molecule has 2 N–H and O–H groups in total. The Morgan fingerprint density at radius 2 is 1.73 bits per heavy atom. The van der Waals surface area contributed by atoms with E-state index in [1.165, 1.54) is 12.1 Å². The molecule has 0 bridgehead atoms. The van der Waals surface area contributed by atoms with E-state index in [-0.39, 0.29) is 30.0 Å². The number of aromatic nitrogens is 2. The smallest absolute Gasteiger partial charge is 0.269 e. The highest BCUT2D eigenvalue weighted by Crippen LogP contribution is 2.26. The van der Waals surface area contributed by atoms with Gasteiger partial charge in [0.15, 0.2) is 0 Å². The van der Waals surface area contributed by atoms with E-state index in [0.717, 1.165) is 12.1 Å². The summed E-state index contributed by atoms with van der Waals surface area (Å²) in [5.41, 5.74) is 2.62. The van der Waals surface area contributed by atoms with E-state index in [1.54, 1.807) is 29.9 Å². The van der Waals surface area contributed by atoms with Gasteiger partial charge in [-0.1, -0.05) is 25.1 Å². The molecule has 1 aromatic heterocycles. The van der Waals surface area contributed by atoms with Crippen LogP contribution in [0.5, 0.6) is 0 Å². The first-order chi connectivity index (χ1) is 15.8. The fraction of sp³-hybridized carbons (Fsp3) is 0.292. The summed E-state index contributed by atoms with van der Waals surface area (Å²) in [6.45, 7) is 5.51. The van der Waals surface area contributed by atoms with Crippen molar-refractivity contribution < 1.29 is 14.5 Å². The van der Waals surface area contributed by atoms with Crippen LogP contribution in [-0.2, 0) is 16.0 Å². The van der Waals surface area contributed by atoms with E-state index in [4.69, 9.17) is 0 Å². The molecule has 0 fully saturated rings. The Balaban J connectivity index is 1.85. The van der Waals surface area contributed by atoms with Gasteiger partial charge in [0.1, 0.15) is 6.04 Å². The molecule has 0 aliphatic heterocycles. The Kier molecular flexibility index (Phi) is 7.55. The number of rotatable bonds is 9. The molecule has 3 rings (SSSR count). The van der Waals surface area contributed by atoms with Crippen molar-refractivity contribution in [3.63, 3.8) is 0 Å². The largest absolute Gasteiger partial charge is 0.352 e. The summed E-state index contributed by atoms with van der Waals surface area (Å²) in [5, 5.41) is 21.2. The highest BCUT2D eigenvalue weighted by atomic mass is 16.6. The van der Waals surface area contributed by atoms with Crippen molar-refractivity contribution in [3.05, 3.63) is 76.5 Å². The van der Waals surface area contributed by atoms with Crippen molar-refractivity contribution in [3.8, 4) is 16.9 Å². The number of benzene rings is 2. The van der Waals surface area contributed by atoms with Gasteiger partial charge < -0.3 is 10.6 Å². The molecule has 0 saturated carbocycles. The van der Waals surface area contributed by atoms with Gasteiger partial charge in [-0.3, -0.25) is 19.7 Å². The van der Waals surface area contributed by atoms with Crippen molar-refractivity contribution in [1.29, 1.82) is 0 Å². The summed E-state index contributed by atoms with van der Waals surface area (Å²) in [5.74, 6) is -0.564. The number of carbonyl (C=O) groups excluding carboxylic acids is 2. The molecule has 2 aromatic carbocycles. The normalized spacial score (nSPS) is 12.6. The Morgan fingerprint density at radius 3 is 2.33 bits per heavy atom. The minimum absolute atomic E-state index is 0.000105. The van der Waals surface area contributed by atoms with E-state index in [1.807, 2.05) is 44.2 Å². The van der Waals surface area contributed by atoms with Crippen LogP contribution in [0.25, 0.3) is 16.9 Å². The Hall–Kier alpha value is -4.01. The van der Waals surface area contributed by atoms with Crippen molar-refractivity contribution in [1.82, 2.24) is 20.4 Å². The predicted molar refractivity (Wildman–Crippen MR) is 125 cm³/mol. The highest BCUT2D eigenvalue weighted by molar-refractivity contribution is 5.89. The van der Waals surface area contributed by atoms with Crippen LogP contribution in [0.15, 0.2) is 60.8 Å². The van der Waals surface area contributed by atoms with E-state index in [0.29, 0.717) is 16.8 Å². The van der Waals surface area contributed by atoms with Gasteiger partial charge in [0, 0.05) is 35.5 Å². The molecule has 172 valence electrons. The number of nitro benzene ring substituents is 1. The minimum atomic E-state index is -0.682. The van der Waals surface area contributed by atoms with Crippen LogP contribution in [0.2, 0.25) is 0 Å². The second-order valence-electron chi connectivity index (χ2n) is 7.87. The van der Waals surface area contributed by atoms with E-state index < -0.39 is 11.0 Å². The number of nitrogens with one attached hydrogen (secondary N) is 2. The minimum Gasteiger partial charge on any atom is -0.352 e. The molecular formula is C24H27N5O4. The maximum atomic E-state index is 12.7. The number of para-hydroxylation sites is 1. The molecule has 0 aliphatic rings. The van der Waals surface area contributed by atoms with Gasteiger partial charge in [-0.2, -0.15) is 5.10 Å². The summed E-state index contributed by atoms with van der Waals surface area (Å²) < 4.78 is 1.67. The van der Waals surface area contributed by atoms with Crippen LogP contribution >= 0.6 is 0 Å². The second kappa shape index (κ2) is 10.5. The van der Waals surface area contributed by atoms with E-state index in [9.17, 15) is 19.7 Å². The zero-order valence-corrected chi connectivity index (χ0v) is 18.8. The lowest BCUT2D eigenvalue weighted by Gasteiger charge is -2.17. The lowest BCUT2D eigenvalue weighted by Crippen LogP contribution is -2.47. The molecule has 9 heteroatoms. The van der Waals surface area contributed by atoms with Crippen LogP contribution in [0.4, 0.5) is 5.69 Å². The molecule has 2 atom stereocenters. The Labute approximate surface area is 192 Å². The van der Waals surface area contributed by atoms with Gasteiger partial charge in [-0.05, 0) is 44.5 Å². The summed E-state index contributed by atoms with van der Waals surface area (Å²) in [7, 11) is 0. The first kappa shape index (κ1) is 23.6. The van der Waals surface area contributed by atoms with Gasteiger partial charge in [0.2, 0.25) is 11.8 Å². The van der Waals surface area contributed by atoms with Crippen LogP contribution < -0.4 is 10.6 Å². The SMILES string of the molecule is CCC(C)NC(=O)C(C)NC(=O)Cc1cn(-c2ccccc2)nc1-c1ccc([N+](=O)[O-])cc1. The zero-order chi connectivity index (χ0) is 24.0. The van der Waals surface area contributed by atoms with Crippen LogP contribution in [0, 0.1) is 10.1 Å². The van der Waals surface area contributed by atoms with Gasteiger partial charge >= 0.3 is 0 Å². The van der Waals surface area contributed by atoms with Gasteiger partial charge in [-0.15, -0.1) is 0 Å². The standard InChI is InChI=1S/C24H27N5O4/c1-4-16(2)25-24(31)17(3)26-22(30)14-19-15-28(20-8-6-5-7-9-20)27-23(19)18-10-12-21(13-11-18)29(32)33/h5-13,15-17H,4,14H2,1-3H3,(H,25,31)(H,26,30). The molecule has 0 aliphatic carbocycles. The molecule has 0 radical (unpaired) electrons. The molecule has 0 saturated heterocycles. The Morgan fingerprint density at radius 1 is 1.06 bits per heavy atom. The monoisotopic (exact) mass is 449 g/mol. The summed E-state index contributed by atoms with van der Waals surface area (Å²) >= 11 is 0. The van der Waals surface area contributed by atoms with Crippen molar-refractivity contribution in [2.45, 2.75) is 45.7 Å². The average Bonchev–Trinajstić information content (AvgIpc) is 3.23. The van der Waals surface area contributed by atoms with Gasteiger partial charge in [0.05, 0.1) is 22.7 Å². The van der Waals surface area contributed by atoms with Crippen molar-refractivity contribution >= 4 is 17.5 Å². The third-order valence-electron chi connectivity index (χ3n) is 5.29. The van der Waals surface area contributed by atoms with E-state index in [2.05, 4.69) is 15.7 Å². The van der Waals surface area contributed by atoms with Gasteiger partial charge in [0.25, 0.3) is 5.69 Å². The molecule has 3 aromatic rings. The molecule has 2 unspecified atom stereocenters. The number of carbonyl (C=O) groups is 2. The predicted octanol–water partition coefficient (Wildman–Crippen LogP) is 3.41. The maximum Gasteiger partial charge on any atom is 0.269 e. The maximum absolute atomic E-state index is 12.7. The number of nitro groups is 1. The first-order valence-corrected chi connectivity index (χ1v) is 10.8. The summed E-state index contributed by atoms with van der Waals surface area (Å²) in [4.78, 5) is 35.5. The Bertz CT molecular complexity index is 1130. The number of nitrogens with zero attached hydrogens (tertiary/aromatic N) is 3. The number of amides is 2. The number of hydrogen-bond donors (Lipinski definition) is 2. The van der Waals surface area contributed by atoms with Crippen LogP contribution in [-0.4, -0.2) is 38.6 Å². The molecule has 9 nitrogen and oxygen atoms in total. The third-order valence-corrected chi connectivity index (χ3v) is 5.29. The molecule has 0 spiro atoms. The molecular weight excluding hydrogens is 422 g/mol. The lowest BCUT2D eigenvalue weighted by molar-refractivity contribution is -0.384. The van der Waals surface area contributed by atoms with Crippen molar-refractivity contribution in [2.24, 2.45) is 0 Å². The highest BCUT2D eigenvalue weighted by Gasteiger charge is 2.20. The second-order valence-corrected chi connectivity index (χ2v) is 7.87. The zero-order valence-electron chi connectivity index (χ0n) is 18.8. The molecule has 2 amide bonds. The fourth-order valence-corrected chi connectivity index (χ4v) is 3.24. The fourth-order valence-electron chi connectivity index (χ4n) is 3.24. The van der Waals surface area contributed by atoms with Gasteiger partial charge in [-0.25, -0.2) is 4.68 Å². The first-order valence-electron chi connectivity index (χ1n) is 10.8. The number of hydrogen-bond acceptors (Lipinski definition) is 5. The molecule has 33 heavy (non-hydrogen) atoms. The lowest BCUT2D eigenvalue weighted by atomic mass is 10.1. The van der Waals surface area contributed by atoms with Crippen LogP contribution in [0.3, 0.4) is 0 Å². The van der Waals surface area contributed by atoms with Crippen molar-refractivity contribution in [2.75, 3.05) is 0 Å². The quantitative estimate of drug-likeness (QED) is 0.383. The third kappa shape index (κ3) is 6.03.